The van der Waals surface area contributed by atoms with Gasteiger partial charge in [0.2, 0.25) is 0 Å². The molecule has 0 aromatic carbocycles. The maximum Gasteiger partial charge on any atom is 0.425 e. The van der Waals surface area contributed by atoms with E-state index in [4.69, 9.17) is 0 Å². The van der Waals surface area contributed by atoms with Crippen molar-refractivity contribution in [2.75, 3.05) is 6.61 Å². The van der Waals surface area contributed by atoms with E-state index in [0.717, 1.165) is 28.3 Å². The van der Waals surface area contributed by atoms with E-state index < -0.39 is 11.1 Å². The number of thiophene rings is 1. The highest BCUT2D eigenvalue weighted by Gasteiger charge is 2.37. The maximum atomic E-state index is 13.1. The summed E-state index contributed by atoms with van der Waals surface area (Å²) in [5.41, 5.74) is 1.41. The number of hydrogen-bond donors (Lipinski definition) is 2. The van der Waals surface area contributed by atoms with Crippen LogP contribution in [0.2, 0.25) is 0 Å². The number of halogens is 3. The Morgan fingerprint density at radius 3 is 2.76 bits per heavy atom. The highest BCUT2D eigenvalue weighted by molar-refractivity contribution is 7.12. The predicted molar refractivity (Wildman–Crippen MR) is 88.4 cm³/mol. The van der Waals surface area contributed by atoms with Gasteiger partial charge in [0.1, 0.15) is 4.88 Å². The maximum absolute atomic E-state index is 13.1. The van der Waals surface area contributed by atoms with Crippen LogP contribution in [-0.2, 0) is 19.6 Å². The number of hydrogen-bond acceptors (Lipinski definition) is 5. The minimum Gasteiger partial charge on any atom is -0.396 e. The Labute approximate surface area is 147 Å². The van der Waals surface area contributed by atoms with Crippen LogP contribution in [0.1, 0.15) is 52.7 Å². The smallest absolute Gasteiger partial charge is 0.396 e. The Morgan fingerprint density at radius 1 is 1.40 bits per heavy atom. The second-order valence-corrected chi connectivity index (χ2v) is 7.66. The molecular weight excluding hydrogens is 353 g/mol. The first-order valence-corrected chi connectivity index (χ1v) is 9.02. The van der Waals surface area contributed by atoms with Crippen LogP contribution in [0.3, 0.4) is 0 Å². The summed E-state index contributed by atoms with van der Waals surface area (Å²) >= 11 is 0.812. The highest BCUT2D eigenvalue weighted by atomic mass is 32.1. The molecule has 138 valence electrons. The number of nitrogens with one attached hydrogen (secondary N) is 1. The zero-order valence-electron chi connectivity index (χ0n) is 14.0. The van der Waals surface area contributed by atoms with Crippen LogP contribution in [0, 0.1) is 0 Å². The number of aliphatic hydroxyl groups is 1. The largest absolute Gasteiger partial charge is 0.425 e. The summed E-state index contributed by atoms with van der Waals surface area (Å²) in [6, 6.07) is 1.31. The number of piperidine rings is 1. The summed E-state index contributed by atoms with van der Waals surface area (Å²) in [5, 5.41) is 20.8. The van der Waals surface area contributed by atoms with Gasteiger partial charge >= 0.3 is 6.18 Å². The predicted octanol–water partition coefficient (Wildman–Crippen LogP) is 3.03. The van der Waals surface area contributed by atoms with Crippen LogP contribution in [0.15, 0.2) is 12.3 Å². The quantitative estimate of drug-likeness (QED) is 0.864. The monoisotopic (exact) mass is 374 g/mol. The van der Waals surface area contributed by atoms with Gasteiger partial charge in [-0.1, -0.05) is 5.21 Å². The molecule has 9 heteroatoms. The fourth-order valence-corrected chi connectivity index (χ4v) is 4.68. The Hall–Kier alpha value is -1.45. The molecule has 3 atom stereocenters. The van der Waals surface area contributed by atoms with Crippen molar-refractivity contribution in [1.29, 1.82) is 0 Å². The molecule has 1 aliphatic rings. The molecule has 0 bridgehead atoms. The Kier molecular flexibility index (Phi) is 5.17. The number of aliphatic hydroxyl groups excluding tert-OH is 1. The van der Waals surface area contributed by atoms with E-state index >= 15 is 0 Å². The average Bonchev–Trinajstić information content (AvgIpc) is 3.13. The molecule has 5 nitrogen and oxygen atoms in total. The highest BCUT2D eigenvalue weighted by Crippen LogP contribution is 2.44. The summed E-state index contributed by atoms with van der Waals surface area (Å²) in [6.45, 7) is 1.87. The zero-order chi connectivity index (χ0) is 18.2. The van der Waals surface area contributed by atoms with E-state index in [1.54, 1.807) is 11.7 Å². The van der Waals surface area contributed by atoms with Crippen LogP contribution in [-0.4, -0.2) is 32.7 Å². The van der Waals surface area contributed by atoms with Crippen LogP contribution >= 0.6 is 11.3 Å². The van der Waals surface area contributed by atoms with Gasteiger partial charge in [0.05, 0.1) is 11.7 Å². The fourth-order valence-electron chi connectivity index (χ4n) is 3.48. The summed E-state index contributed by atoms with van der Waals surface area (Å²) in [5.74, 6) is 0.00547. The van der Waals surface area contributed by atoms with Crippen molar-refractivity contribution in [2.45, 2.75) is 50.4 Å². The van der Waals surface area contributed by atoms with Gasteiger partial charge in [-0.3, -0.25) is 4.68 Å². The summed E-state index contributed by atoms with van der Waals surface area (Å²) in [6.07, 6.45) is -0.852. The molecule has 0 aliphatic carbocycles. The third-order valence-electron chi connectivity index (χ3n) is 4.49. The average molecular weight is 374 g/mol. The normalized spacial score (nSPS) is 24.6. The van der Waals surface area contributed by atoms with E-state index in [1.807, 2.05) is 13.1 Å². The molecule has 0 radical (unpaired) electrons. The van der Waals surface area contributed by atoms with E-state index in [1.165, 1.54) is 6.07 Å². The van der Waals surface area contributed by atoms with Gasteiger partial charge in [0.25, 0.3) is 0 Å². The molecule has 0 saturated carbocycles. The lowest BCUT2D eigenvalue weighted by atomic mass is 9.84. The lowest BCUT2D eigenvalue weighted by molar-refractivity contribution is -0.134. The molecule has 1 unspecified atom stereocenters. The first-order valence-electron chi connectivity index (χ1n) is 8.21. The number of nitrogens with zero attached hydrogens (tertiary/aromatic N) is 3. The molecule has 25 heavy (non-hydrogen) atoms. The van der Waals surface area contributed by atoms with Gasteiger partial charge < -0.3 is 10.4 Å². The standard InChI is InChI=1S/C16H21F3N4OS/c1-9-5-11(6-12(20-9)13-8-23(2)22-21-13)15-10(3-4-24)7-14(25-15)16(17,18)19/h7-9,11-12,20,24H,3-6H2,1-2H3/t9-,11?,12-/m0/s1. The van der Waals surface area contributed by atoms with Gasteiger partial charge in [-0.15, -0.1) is 16.4 Å². The third kappa shape index (κ3) is 4.04. The molecule has 3 heterocycles. The molecule has 3 rings (SSSR count). The van der Waals surface area contributed by atoms with Crippen molar-refractivity contribution in [3.05, 3.63) is 33.3 Å². The second kappa shape index (κ2) is 7.05. The van der Waals surface area contributed by atoms with Gasteiger partial charge in [0.15, 0.2) is 0 Å². The van der Waals surface area contributed by atoms with Crippen LogP contribution in [0.5, 0.6) is 0 Å². The molecule has 0 spiro atoms. The van der Waals surface area contributed by atoms with Crippen molar-refractivity contribution in [3.8, 4) is 0 Å². The van der Waals surface area contributed by atoms with Crippen LogP contribution in [0.4, 0.5) is 13.2 Å². The van der Waals surface area contributed by atoms with E-state index in [0.29, 0.717) is 12.0 Å². The van der Waals surface area contributed by atoms with Crippen molar-refractivity contribution >= 4 is 11.3 Å². The molecule has 2 N–H and O–H groups in total. The number of aromatic nitrogens is 3. The lowest BCUT2D eigenvalue weighted by Gasteiger charge is -2.34. The van der Waals surface area contributed by atoms with E-state index in [-0.39, 0.29) is 31.0 Å². The van der Waals surface area contributed by atoms with E-state index in [2.05, 4.69) is 15.6 Å². The zero-order valence-corrected chi connectivity index (χ0v) is 14.9. The second-order valence-electron chi connectivity index (χ2n) is 6.58. The molecule has 1 fully saturated rings. The molecule has 2 aromatic rings. The third-order valence-corrected chi connectivity index (χ3v) is 5.88. The van der Waals surface area contributed by atoms with E-state index in [9.17, 15) is 18.3 Å². The number of rotatable bonds is 4. The first kappa shape index (κ1) is 18.3. The minimum absolute atomic E-state index is 0.00547. The van der Waals surface area contributed by atoms with Crippen molar-refractivity contribution in [2.24, 2.45) is 7.05 Å². The Bertz CT molecular complexity index is 727. The number of aryl methyl sites for hydroxylation is 1. The summed E-state index contributed by atoms with van der Waals surface area (Å²) in [4.78, 5) is 0.150. The molecule has 2 aromatic heterocycles. The Balaban J connectivity index is 1.90. The Morgan fingerprint density at radius 2 is 2.16 bits per heavy atom. The topological polar surface area (TPSA) is 63.0 Å². The van der Waals surface area contributed by atoms with Gasteiger partial charge in [-0.2, -0.15) is 13.2 Å². The van der Waals surface area contributed by atoms with Crippen molar-refractivity contribution in [1.82, 2.24) is 20.3 Å². The molecule has 1 aliphatic heterocycles. The van der Waals surface area contributed by atoms with Gasteiger partial charge in [-0.05, 0) is 43.7 Å². The molecular formula is C16H21F3N4OS. The fraction of sp³-hybridized carbons (Fsp3) is 0.625. The first-order chi connectivity index (χ1) is 11.8. The number of alkyl halides is 3. The van der Waals surface area contributed by atoms with Gasteiger partial charge in [-0.25, -0.2) is 0 Å². The minimum atomic E-state index is -4.35. The van der Waals surface area contributed by atoms with Gasteiger partial charge in [0, 0.05) is 30.8 Å². The van der Waals surface area contributed by atoms with Crippen molar-refractivity contribution < 1.29 is 18.3 Å². The van der Waals surface area contributed by atoms with Crippen molar-refractivity contribution in [3.63, 3.8) is 0 Å². The lowest BCUT2D eigenvalue weighted by Crippen LogP contribution is -2.38. The van der Waals surface area contributed by atoms with Crippen LogP contribution in [0.25, 0.3) is 0 Å². The molecule has 0 amide bonds. The summed E-state index contributed by atoms with van der Waals surface area (Å²) in [7, 11) is 1.79. The molecule has 1 saturated heterocycles. The van der Waals surface area contributed by atoms with Crippen LogP contribution < -0.4 is 5.32 Å². The SMILES string of the molecule is C[C@H]1CC(c2sc(C(F)(F)F)cc2CCO)C[C@@H](c2cn(C)nn2)N1. The summed E-state index contributed by atoms with van der Waals surface area (Å²) < 4.78 is 41.0.